The second-order valence-electron chi connectivity index (χ2n) is 5.51. The van der Waals surface area contributed by atoms with E-state index in [-0.39, 0.29) is 0 Å². The molecule has 1 atom stereocenters. The fraction of sp³-hybridized carbons (Fsp3) is 0.600. The lowest BCUT2D eigenvalue weighted by molar-refractivity contribution is 0.220. The van der Waals surface area contributed by atoms with Crippen LogP contribution >= 0.6 is 0 Å². The van der Waals surface area contributed by atoms with Crippen molar-refractivity contribution < 1.29 is 8.83 Å². The molecule has 0 radical (unpaired) electrons. The number of hydrogen-bond donors (Lipinski definition) is 1. The predicted octanol–water partition coefficient (Wildman–Crippen LogP) is 2.29. The smallest absolute Gasteiger partial charge is 0.283 e. The maximum absolute atomic E-state index is 5.69. The summed E-state index contributed by atoms with van der Waals surface area (Å²) in [6, 6.07) is 4.22. The van der Waals surface area contributed by atoms with Crippen LogP contribution < -0.4 is 5.32 Å². The Balaban J connectivity index is 1.62. The van der Waals surface area contributed by atoms with Crippen LogP contribution in [0.2, 0.25) is 0 Å². The molecular weight excluding hydrogens is 268 g/mol. The summed E-state index contributed by atoms with van der Waals surface area (Å²) in [5.41, 5.74) is 0. The van der Waals surface area contributed by atoms with Crippen molar-refractivity contribution in [3.8, 4) is 11.7 Å². The van der Waals surface area contributed by atoms with Crippen LogP contribution in [0, 0.1) is 0 Å². The zero-order valence-electron chi connectivity index (χ0n) is 12.4. The van der Waals surface area contributed by atoms with Gasteiger partial charge in [0.25, 0.3) is 5.89 Å². The highest BCUT2D eigenvalue weighted by Crippen LogP contribution is 2.19. The fourth-order valence-electron chi connectivity index (χ4n) is 2.78. The Kier molecular flexibility index (Phi) is 4.67. The number of nitrogens with one attached hydrogen (secondary N) is 1. The van der Waals surface area contributed by atoms with Gasteiger partial charge in [-0.25, -0.2) is 0 Å². The Hall–Kier alpha value is -1.66. The third kappa shape index (κ3) is 3.71. The highest BCUT2D eigenvalue weighted by Gasteiger charge is 2.19. The van der Waals surface area contributed by atoms with Crippen molar-refractivity contribution in [2.24, 2.45) is 0 Å². The van der Waals surface area contributed by atoms with Gasteiger partial charge in [0, 0.05) is 12.6 Å². The van der Waals surface area contributed by atoms with Crippen molar-refractivity contribution in [1.82, 2.24) is 20.4 Å². The lowest BCUT2D eigenvalue weighted by Gasteiger charge is -2.23. The van der Waals surface area contributed by atoms with E-state index >= 15 is 0 Å². The van der Waals surface area contributed by atoms with E-state index in [0.717, 1.165) is 26.1 Å². The summed E-state index contributed by atoms with van der Waals surface area (Å²) in [4.78, 5) is 2.38. The molecule has 1 aliphatic heterocycles. The van der Waals surface area contributed by atoms with Crippen LogP contribution in [0.4, 0.5) is 0 Å². The quantitative estimate of drug-likeness (QED) is 0.844. The molecule has 114 valence electrons. The highest BCUT2D eigenvalue weighted by atomic mass is 16.4. The lowest BCUT2D eigenvalue weighted by atomic mass is 10.2. The number of hydrogen-bond acceptors (Lipinski definition) is 6. The molecule has 3 heterocycles. The maximum atomic E-state index is 5.69. The van der Waals surface area contributed by atoms with Crippen LogP contribution in [0.25, 0.3) is 11.7 Å². The van der Waals surface area contributed by atoms with Crippen molar-refractivity contribution in [3.63, 3.8) is 0 Å². The minimum Gasteiger partial charge on any atom is -0.459 e. The molecule has 0 spiro atoms. The predicted molar refractivity (Wildman–Crippen MR) is 78.6 cm³/mol. The fourth-order valence-corrected chi connectivity index (χ4v) is 2.78. The molecule has 1 N–H and O–H groups in total. The number of nitrogens with zero attached hydrogens (tertiary/aromatic N) is 3. The summed E-state index contributed by atoms with van der Waals surface area (Å²) >= 11 is 0. The van der Waals surface area contributed by atoms with Crippen molar-refractivity contribution in [3.05, 3.63) is 24.3 Å². The standard InChI is InChI=1S/C15H22N4O2/c1-2-8-19(10-12-5-3-7-16-12)11-14-17-18-15(21-14)13-6-4-9-20-13/h4,6,9,12,16H,2-3,5,7-8,10-11H2,1H3. The van der Waals surface area contributed by atoms with Gasteiger partial charge in [0.2, 0.25) is 5.89 Å². The molecule has 6 heteroatoms. The molecular formula is C15H22N4O2. The van der Waals surface area contributed by atoms with Crippen LogP contribution in [0.3, 0.4) is 0 Å². The van der Waals surface area contributed by atoms with Gasteiger partial charge in [0.15, 0.2) is 5.76 Å². The molecule has 0 aliphatic carbocycles. The Morgan fingerprint density at radius 3 is 3.10 bits per heavy atom. The van der Waals surface area contributed by atoms with Crippen molar-refractivity contribution in [2.75, 3.05) is 19.6 Å². The Morgan fingerprint density at radius 1 is 1.43 bits per heavy atom. The van der Waals surface area contributed by atoms with Crippen LogP contribution in [-0.4, -0.2) is 40.8 Å². The highest BCUT2D eigenvalue weighted by molar-refractivity contribution is 5.42. The summed E-state index contributed by atoms with van der Waals surface area (Å²) in [5.74, 6) is 1.71. The molecule has 0 aromatic carbocycles. The van der Waals surface area contributed by atoms with Gasteiger partial charge in [0.05, 0.1) is 12.8 Å². The first-order valence-corrected chi connectivity index (χ1v) is 7.67. The van der Waals surface area contributed by atoms with E-state index in [1.54, 1.807) is 6.26 Å². The van der Waals surface area contributed by atoms with E-state index in [4.69, 9.17) is 8.83 Å². The van der Waals surface area contributed by atoms with E-state index < -0.39 is 0 Å². The molecule has 21 heavy (non-hydrogen) atoms. The lowest BCUT2D eigenvalue weighted by Crippen LogP contribution is -2.37. The topological polar surface area (TPSA) is 67.3 Å². The van der Waals surface area contributed by atoms with Crippen LogP contribution in [-0.2, 0) is 6.54 Å². The van der Waals surface area contributed by atoms with Gasteiger partial charge in [-0.05, 0) is 44.5 Å². The van der Waals surface area contributed by atoms with Crippen molar-refractivity contribution >= 4 is 0 Å². The first-order chi connectivity index (χ1) is 10.3. The Morgan fingerprint density at radius 2 is 2.38 bits per heavy atom. The molecule has 3 rings (SSSR count). The third-order valence-corrected chi connectivity index (χ3v) is 3.74. The van der Waals surface area contributed by atoms with E-state index in [2.05, 4.69) is 27.3 Å². The number of furan rings is 1. The second kappa shape index (κ2) is 6.87. The molecule has 2 aromatic rings. The summed E-state index contributed by atoms with van der Waals surface area (Å²) in [7, 11) is 0. The van der Waals surface area contributed by atoms with Gasteiger partial charge < -0.3 is 14.2 Å². The van der Waals surface area contributed by atoms with E-state index in [1.165, 1.54) is 12.8 Å². The summed E-state index contributed by atoms with van der Waals surface area (Å²) in [5, 5.41) is 11.7. The SMILES string of the molecule is CCCN(Cc1nnc(-c2ccco2)o1)CC1CCCN1. The maximum Gasteiger partial charge on any atom is 0.283 e. The van der Waals surface area contributed by atoms with E-state index in [0.29, 0.717) is 30.1 Å². The van der Waals surface area contributed by atoms with Crippen LogP contribution in [0.15, 0.2) is 27.2 Å². The first-order valence-electron chi connectivity index (χ1n) is 7.67. The summed E-state index contributed by atoms with van der Waals surface area (Å²) in [6.45, 7) is 6.09. The monoisotopic (exact) mass is 290 g/mol. The van der Waals surface area contributed by atoms with E-state index in [9.17, 15) is 0 Å². The largest absolute Gasteiger partial charge is 0.459 e. The molecule has 1 unspecified atom stereocenters. The normalized spacial score (nSPS) is 18.7. The molecule has 0 saturated carbocycles. The minimum atomic E-state index is 0.449. The number of aromatic nitrogens is 2. The third-order valence-electron chi connectivity index (χ3n) is 3.74. The molecule has 0 bridgehead atoms. The average Bonchev–Trinajstić information content (AvgIpc) is 3.21. The molecule has 1 fully saturated rings. The van der Waals surface area contributed by atoms with Crippen molar-refractivity contribution in [2.45, 2.75) is 38.8 Å². The average molecular weight is 290 g/mol. The first kappa shape index (κ1) is 14.3. The van der Waals surface area contributed by atoms with Crippen LogP contribution in [0.1, 0.15) is 32.1 Å². The summed E-state index contributed by atoms with van der Waals surface area (Å²) in [6.07, 6.45) is 5.25. The van der Waals surface area contributed by atoms with E-state index in [1.807, 2.05) is 12.1 Å². The van der Waals surface area contributed by atoms with Gasteiger partial charge in [-0.15, -0.1) is 10.2 Å². The van der Waals surface area contributed by atoms with Crippen LogP contribution in [0.5, 0.6) is 0 Å². The van der Waals surface area contributed by atoms with Gasteiger partial charge in [0.1, 0.15) is 0 Å². The zero-order valence-corrected chi connectivity index (χ0v) is 12.4. The Bertz CT molecular complexity index is 532. The second-order valence-corrected chi connectivity index (χ2v) is 5.51. The van der Waals surface area contributed by atoms with Gasteiger partial charge in [-0.1, -0.05) is 6.92 Å². The number of rotatable bonds is 7. The molecule has 1 aliphatic rings. The molecule has 1 saturated heterocycles. The minimum absolute atomic E-state index is 0.449. The summed E-state index contributed by atoms with van der Waals surface area (Å²) < 4.78 is 11.0. The molecule has 2 aromatic heterocycles. The molecule has 6 nitrogen and oxygen atoms in total. The Labute approximate surface area is 124 Å². The van der Waals surface area contributed by atoms with Gasteiger partial charge >= 0.3 is 0 Å². The van der Waals surface area contributed by atoms with Gasteiger partial charge in [-0.3, -0.25) is 4.90 Å². The van der Waals surface area contributed by atoms with Crippen molar-refractivity contribution in [1.29, 1.82) is 0 Å². The van der Waals surface area contributed by atoms with Gasteiger partial charge in [-0.2, -0.15) is 0 Å². The zero-order chi connectivity index (χ0) is 14.5. The molecule has 0 amide bonds.